The van der Waals surface area contributed by atoms with E-state index in [0.717, 1.165) is 59.5 Å². The fourth-order valence-electron chi connectivity index (χ4n) is 3.20. The van der Waals surface area contributed by atoms with Gasteiger partial charge in [0.1, 0.15) is 0 Å². The lowest BCUT2D eigenvalue weighted by Crippen LogP contribution is -2.36. The number of carbonyl (C=O) groups excluding carboxylic acids is 1. The standard InChI is InChI=1S/C22H23N3O2S/c1-15-3-4-16(2)19(13-15)21(26)23-18-7-5-17(6-8-18)20-14-28-22(24-20)25-9-11-27-12-10-25/h3-8,13-14H,9-12H2,1-2H3,(H,23,26). The molecule has 0 aliphatic carbocycles. The Labute approximate surface area is 169 Å². The van der Waals surface area contributed by atoms with Crippen molar-refractivity contribution in [3.8, 4) is 11.3 Å². The highest BCUT2D eigenvalue weighted by molar-refractivity contribution is 7.14. The molecule has 0 atom stereocenters. The zero-order chi connectivity index (χ0) is 19.5. The number of ether oxygens (including phenoxy) is 1. The summed E-state index contributed by atoms with van der Waals surface area (Å²) in [5.41, 5.74) is 5.53. The number of hydrogen-bond donors (Lipinski definition) is 1. The molecule has 1 aliphatic rings. The fourth-order valence-corrected chi connectivity index (χ4v) is 4.09. The minimum absolute atomic E-state index is 0.0859. The lowest BCUT2D eigenvalue weighted by atomic mass is 10.0. The maximum atomic E-state index is 12.6. The predicted molar refractivity (Wildman–Crippen MR) is 114 cm³/mol. The van der Waals surface area contributed by atoms with E-state index in [-0.39, 0.29) is 5.91 Å². The molecule has 0 radical (unpaired) electrons. The van der Waals surface area contributed by atoms with Gasteiger partial charge in [-0.3, -0.25) is 4.79 Å². The summed E-state index contributed by atoms with van der Waals surface area (Å²) in [7, 11) is 0. The van der Waals surface area contributed by atoms with Crippen molar-refractivity contribution < 1.29 is 9.53 Å². The maximum absolute atomic E-state index is 12.6. The van der Waals surface area contributed by atoms with Gasteiger partial charge in [0, 0.05) is 35.3 Å². The molecule has 4 rings (SSSR count). The van der Waals surface area contributed by atoms with Crippen LogP contribution in [0.25, 0.3) is 11.3 Å². The van der Waals surface area contributed by atoms with Crippen LogP contribution in [0.3, 0.4) is 0 Å². The van der Waals surface area contributed by atoms with Crippen LogP contribution in [-0.2, 0) is 4.74 Å². The molecule has 2 heterocycles. The first-order chi connectivity index (χ1) is 13.6. The third-order valence-corrected chi connectivity index (χ3v) is 5.75. The number of morpholine rings is 1. The summed E-state index contributed by atoms with van der Waals surface area (Å²) in [5.74, 6) is -0.0859. The zero-order valence-corrected chi connectivity index (χ0v) is 16.9. The summed E-state index contributed by atoms with van der Waals surface area (Å²) in [6.07, 6.45) is 0. The van der Waals surface area contributed by atoms with Crippen LogP contribution >= 0.6 is 11.3 Å². The van der Waals surface area contributed by atoms with Gasteiger partial charge in [-0.05, 0) is 37.6 Å². The summed E-state index contributed by atoms with van der Waals surface area (Å²) >= 11 is 1.66. The minimum Gasteiger partial charge on any atom is -0.378 e. The molecular weight excluding hydrogens is 370 g/mol. The van der Waals surface area contributed by atoms with Gasteiger partial charge in [-0.15, -0.1) is 11.3 Å². The van der Waals surface area contributed by atoms with Gasteiger partial charge in [0.05, 0.1) is 18.9 Å². The van der Waals surface area contributed by atoms with E-state index in [4.69, 9.17) is 9.72 Å². The lowest BCUT2D eigenvalue weighted by Gasteiger charge is -2.26. The van der Waals surface area contributed by atoms with Crippen LogP contribution in [0.5, 0.6) is 0 Å². The molecule has 1 amide bonds. The van der Waals surface area contributed by atoms with E-state index in [1.54, 1.807) is 11.3 Å². The molecule has 1 fully saturated rings. The number of benzene rings is 2. The Balaban J connectivity index is 1.46. The highest BCUT2D eigenvalue weighted by Gasteiger charge is 2.15. The van der Waals surface area contributed by atoms with Gasteiger partial charge >= 0.3 is 0 Å². The highest BCUT2D eigenvalue weighted by Crippen LogP contribution is 2.28. The number of rotatable bonds is 4. The molecule has 0 bridgehead atoms. The van der Waals surface area contributed by atoms with E-state index in [1.165, 1.54) is 0 Å². The van der Waals surface area contributed by atoms with Gasteiger partial charge in [-0.25, -0.2) is 4.98 Å². The molecule has 1 N–H and O–H groups in total. The molecule has 1 aliphatic heterocycles. The second-order valence-corrected chi connectivity index (χ2v) is 7.80. The molecule has 1 saturated heterocycles. The van der Waals surface area contributed by atoms with E-state index in [9.17, 15) is 4.79 Å². The Morgan fingerprint density at radius 3 is 2.61 bits per heavy atom. The summed E-state index contributed by atoms with van der Waals surface area (Å²) < 4.78 is 5.40. The predicted octanol–water partition coefficient (Wildman–Crippen LogP) is 4.52. The topological polar surface area (TPSA) is 54.5 Å². The van der Waals surface area contributed by atoms with E-state index < -0.39 is 0 Å². The second kappa shape index (κ2) is 8.12. The highest BCUT2D eigenvalue weighted by atomic mass is 32.1. The van der Waals surface area contributed by atoms with Crippen LogP contribution in [-0.4, -0.2) is 37.2 Å². The van der Waals surface area contributed by atoms with Crippen LogP contribution in [0.1, 0.15) is 21.5 Å². The smallest absolute Gasteiger partial charge is 0.255 e. The number of amides is 1. The number of thiazole rings is 1. The number of aromatic nitrogens is 1. The maximum Gasteiger partial charge on any atom is 0.255 e. The molecule has 5 nitrogen and oxygen atoms in total. The normalized spacial score (nSPS) is 14.1. The van der Waals surface area contributed by atoms with Gasteiger partial charge in [-0.2, -0.15) is 0 Å². The monoisotopic (exact) mass is 393 g/mol. The van der Waals surface area contributed by atoms with Crippen molar-refractivity contribution in [3.63, 3.8) is 0 Å². The van der Waals surface area contributed by atoms with Gasteiger partial charge < -0.3 is 15.0 Å². The van der Waals surface area contributed by atoms with Crippen molar-refractivity contribution in [1.29, 1.82) is 0 Å². The lowest BCUT2D eigenvalue weighted by molar-refractivity contribution is 0.102. The summed E-state index contributed by atoms with van der Waals surface area (Å²) in [6.45, 7) is 7.22. The first kappa shape index (κ1) is 18.7. The molecule has 6 heteroatoms. The second-order valence-electron chi connectivity index (χ2n) is 6.96. The third-order valence-electron chi connectivity index (χ3n) is 4.85. The number of nitrogens with one attached hydrogen (secondary N) is 1. The molecule has 28 heavy (non-hydrogen) atoms. The van der Waals surface area contributed by atoms with Crippen LogP contribution in [0, 0.1) is 13.8 Å². The van der Waals surface area contributed by atoms with Gasteiger partial charge in [-0.1, -0.05) is 29.8 Å². The number of carbonyl (C=O) groups is 1. The van der Waals surface area contributed by atoms with E-state index >= 15 is 0 Å². The molecule has 2 aromatic carbocycles. The van der Waals surface area contributed by atoms with Gasteiger partial charge in [0.15, 0.2) is 5.13 Å². The van der Waals surface area contributed by atoms with Crippen LogP contribution in [0.15, 0.2) is 47.8 Å². The average molecular weight is 394 g/mol. The fraction of sp³-hybridized carbons (Fsp3) is 0.273. The van der Waals surface area contributed by atoms with Crippen molar-refractivity contribution in [1.82, 2.24) is 4.98 Å². The molecule has 144 valence electrons. The van der Waals surface area contributed by atoms with E-state index in [0.29, 0.717) is 5.56 Å². The van der Waals surface area contributed by atoms with Crippen molar-refractivity contribution in [2.24, 2.45) is 0 Å². The molecular formula is C22H23N3O2S. The molecule has 3 aromatic rings. The van der Waals surface area contributed by atoms with Crippen molar-refractivity contribution in [2.75, 3.05) is 36.5 Å². The minimum atomic E-state index is -0.0859. The van der Waals surface area contributed by atoms with Gasteiger partial charge in [0.25, 0.3) is 5.91 Å². The Morgan fingerprint density at radius 1 is 1.11 bits per heavy atom. The summed E-state index contributed by atoms with van der Waals surface area (Å²) in [4.78, 5) is 19.6. The van der Waals surface area contributed by atoms with Crippen molar-refractivity contribution in [3.05, 3.63) is 64.5 Å². The SMILES string of the molecule is Cc1ccc(C)c(C(=O)Nc2ccc(-c3csc(N4CCOCC4)n3)cc2)c1. The first-order valence-electron chi connectivity index (χ1n) is 9.37. The van der Waals surface area contributed by atoms with E-state index in [2.05, 4.69) is 15.6 Å². The van der Waals surface area contributed by atoms with Crippen LogP contribution in [0.4, 0.5) is 10.8 Å². The number of aryl methyl sites for hydroxylation is 2. The molecule has 0 saturated carbocycles. The Bertz CT molecular complexity index is 976. The third kappa shape index (κ3) is 4.08. The molecule has 1 aromatic heterocycles. The Morgan fingerprint density at radius 2 is 1.86 bits per heavy atom. The number of nitrogens with zero attached hydrogens (tertiary/aromatic N) is 2. The van der Waals surface area contributed by atoms with E-state index in [1.807, 2.05) is 56.3 Å². The van der Waals surface area contributed by atoms with Crippen molar-refractivity contribution >= 4 is 28.1 Å². The summed E-state index contributed by atoms with van der Waals surface area (Å²) in [6, 6.07) is 13.7. The molecule has 0 unspecified atom stereocenters. The first-order valence-corrected chi connectivity index (χ1v) is 10.3. The largest absolute Gasteiger partial charge is 0.378 e. The number of anilines is 2. The quantitative estimate of drug-likeness (QED) is 0.708. The van der Waals surface area contributed by atoms with Crippen LogP contribution < -0.4 is 10.2 Å². The van der Waals surface area contributed by atoms with Crippen molar-refractivity contribution in [2.45, 2.75) is 13.8 Å². The van der Waals surface area contributed by atoms with Crippen LogP contribution in [0.2, 0.25) is 0 Å². The molecule has 0 spiro atoms. The number of hydrogen-bond acceptors (Lipinski definition) is 5. The van der Waals surface area contributed by atoms with Gasteiger partial charge in [0.2, 0.25) is 0 Å². The zero-order valence-electron chi connectivity index (χ0n) is 16.1. The average Bonchev–Trinajstić information content (AvgIpc) is 3.21. The Kier molecular flexibility index (Phi) is 5.41. The Hall–Kier alpha value is -2.70. The summed E-state index contributed by atoms with van der Waals surface area (Å²) in [5, 5.41) is 6.09.